The van der Waals surface area contributed by atoms with E-state index in [0.717, 1.165) is 65.2 Å². The molecular formula is C90H161N3O42. The molecule has 135 heavy (non-hydrogen) atoms. The van der Waals surface area contributed by atoms with Gasteiger partial charge >= 0.3 is 0 Å². The molecule has 8 heterocycles. The van der Waals surface area contributed by atoms with Gasteiger partial charge in [0, 0.05) is 20.3 Å². The van der Waals surface area contributed by atoms with E-state index in [2.05, 4.69) is 29.8 Å². The van der Waals surface area contributed by atoms with Gasteiger partial charge in [-0.05, 0) is 26.2 Å². The summed E-state index contributed by atoms with van der Waals surface area (Å²) >= 11 is 0. The number of nitrogens with one attached hydrogen (secondary N) is 3. The Bertz CT molecular complexity index is 3290. The normalized spacial score (nSPS) is 39.8. The number of hydrogen-bond acceptors (Lipinski definition) is 42. The van der Waals surface area contributed by atoms with E-state index in [9.17, 15) is 132 Å². The number of aliphatic hydroxyl groups is 23. The average Bonchev–Trinajstić information content (AvgIpc) is 0.747. The quantitative estimate of drug-likeness (QED) is 0.0200. The third-order valence-electron chi connectivity index (χ3n) is 26.4. The highest BCUT2D eigenvalue weighted by Gasteiger charge is 2.61. The van der Waals surface area contributed by atoms with Crippen LogP contribution in [0.1, 0.15) is 227 Å². The van der Waals surface area contributed by atoms with Gasteiger partial charge in [-0.25, -0.2) is 0 Å². The number of rotatable bonds is 59. The fourth-order valence-electron chi connectivity index (χ4n) is 18.3. The summed E-state index contributed by atoms with van der Waals surface area (Å²) in [4.78, 5) is 39.9. The minimum Gasteiger partial charge on any atom is -0.394 e. The first-order valence-corrected chi connectivity index (χ1v) is 48.9. The number of hydrogen-bond donors (Lipinski definition) is 26. The topological polar surface area (TPSA) is 700 Å². The van der Waals surface area contributed by atoms with E-state index in [1.807, 2.05) is 6.08 Å². The first kappa shape index (κ1) is 117. The minimum absolute atomic E-state index is 0.155. The second-order valence-corrected chi connectivity index (χ2v) is 37.0. The molecule has 26 N–H and O–H groups in total. The SMILES string of the molecule is CCCCCCCCCCCCC/C=C/[C@@H](O)[C@H](CO[C@@H]1OC(CO)[C@@H](O[C@@H]2OC(CO)[C@H](O)[C@H](O[C@@H]3OC(CO)[C@@H](O[C@@H]4OC(CO)[C@H](O)[C@H](O[C@@H]5OC(CO)[C@@H](O[C@@H]6OC(CO)[C@H](O)[C@H](O[C@H]7OC(CO)[C@H](O)[C@H](O)C7O)C6O[C@H]6OC(C)[C@@H](O)C(O)[C@@H]6O)[C@H](O)C5NC(C)=O)C4O)[C@H](O)C3NC(C)=O)C2O)[C@H](O)C1O)NC(=O)CCCCCCCCCCCCCCCCCCC. The van der Waals surface area contributed by atoms with Crippen molar-refractivity contribution in [2.45, 2.75) is 485 Å². The zero-order valence-electron chi connectivity index (χ0n) is 78.3. The highest BCUT2D eigenvalue weighted by Crippen LogP contribution is 2.41. The Morgan fingerprint density at radius 3 is 1.01 bits per heavy atom. The van der Waals surface area contributed by atoms with Crippen molar-refractivity contribution in [2.75, 3.05) is 52.9 Å². The molecule has 0 aromatic rings. The number of aliphatic hydroxyl groups excluding tert-OH is 23. The van der Waals surface area contributed by atoms with E-state index < -0.39 is 322 Å². The van der Waals surface area contributed by atoms with Crippen LogP contribution < -0.4 is 16.0 Å². The number of amides is 3. The first-order valence-electron chi connectivity index (χ1n) is 48.9. The molecule has 0 spiro atoms. The zero-order chi connectivity index (χ0) is 98.7. The van der Waals surface area contributed by atoms with E-state index in [0.29, 0.717) is 12.8 Å². The van der Waals surface area contributed by atoms with E-state index in [1.54, 1.807) is 6.08 Å². The Hall–Kier alpha value is -3.41. The van der Waals surface area contributed by atoms with Crippen molar-refractivity contribution in [3.8, 4) is 0 Å². The van der Waals surface area contributed by atoms with Gasteiger partial charge in [-0.15, -0.1) is 0 Å². The number of ether oxygens (including phenoxy) is 16. The molecule has 42 atom stereocenters. The number of allylic oxidation sites excluding steroid dienone is 1. The lowest BCUT2D eigenvalue weighted by atomic mass is 9.93. The molecule has 8 saturated heterocycles. The molecule has 0 bridgehead atoms. The van der Waals surface area contributed by atoms with Crippen molar-refractivity contribution in [1.82, 2.24) is 16.0 Å². The van der Waals surface area contributed by atoms with Gasteiger partial charge in [0.2, 0.25) is 17.7 Å². The van der Waals surface area contributed by atoms with Crippen molar-refractivity contribution in [1.29, 1.82) is 0 Å². The van der Waals surface area contributed by atoms with Crippen LogP contribution in [0.3, 0.4) is 0 Å². The molecule has 8 rings (SSSR count). The van der Waals surface area contributed by atoms with E-state index in [4.69, 9.17) is 75.8 Å². The highest BCUT2D eigenvalue weighted by atomic mass is 16.8. The maximum absolute atomic E-state index is 13.6. The predicted molar refractivity (Wildman–Crippen MR) is 467 cm³/mol. The van der Waals surface area contributed by atoms with Crippen LogP contribution in [-0.4, -0.2) is 446 Å². The molecular weight excluding hydrogens is 1790 g/mol. The maximum atomic E-state index is 13.6. The summed E-state index contributed by atoms with van der Waals surface area (Å²) in [5, 5.41) is 267. The molecule has 3 amide bonds. The Kier molecular flexibility index (Phi) is 52.3. The lowest BCUT2D eigenvalue weighted by Gasteiger charge is -2.51. The van der Waals surface area contributed by atoms with Crippen LogP contribution in [0, 0.1) is 0 Å². The van der Waals surface area contributed by atoms with Crippen LogP contribution in [0.5, 0.6) is 0 Å². The van der Waals surface area contributed by atoms with E-state index in [1.165, 1.54) is 129 Å². The van der Waals surface area contributed by atoms with Gasteiger partial charge in [-0.3, -0.25) is 14.4 Å². The fourth-order valence-corrected chi connectivity index (χ4v) is 18.3. The highest BCUT2D eigenvalue weighted by molar-refractivity contribution is 5.76. The second-order valence-electron chi connectivity index (χ2n) is 37.0. The Morgan fingerprint density at radius 2 is 0.607 bits per heavy atom. The fraction of sp³-hybridized carbons (Fsp3) is 0.944. The third kappa shape index (κ3) is 33.6. The van der Waals surface area contributed by atoms with Gasteiger partial charge in [-0.2, -0.15) is 0 Å². The summed E-state index contributed by atoms with van der Waals surface area (Å²) in [6.07, 6.45) is -40.8. The van der Waals surface area contributed by atoms with Crippen molar-refractivity contribution < 1.29 is 208 Å². The Balaban J connectivity index is 0.919. The average molecular weight is 1960 g/mol. The molecule has 0 aliphatic carbocycles. The molecule has 0 aromatic heterocycles. The maximum Gasteiger partial charge on any atom is 0.220 e. The lowest BCUT2D eigenvalue weighted by molar-refractivity contribution is -0.405. The zero-order valence-corrected chi connectivity index (χ0v) is 78.3. The molecule has 0 saturated carbocycles. The largest absolute Gasteiger partial charge is 0.394 e. The summed E-state index contributed by atoms with van der Waals surface area (Å²) in [5.41, 5.74) is 0. The molecule has 0 aromatic carbocycles. The summed E-state index contributed by atoms with van der Waals surface area (Å²) in [6, 6.07) is -4.97. The standard InChI is InChI=1S/C90H161N3O42/c1-6-8-10-12-14-16-18-20-21-22-23-25-27-29-31-33-35-37-58(104)93-49(50(103)36-34-32-30-28-26-24-19-17-15-13-11-9-7-2)45-120-85-73(117)70(114)78(57(44-100)128-85)130-89-75(119)80(64(108)53(40-96)124-89)133-83-59(91-47(4)101)66(110)76(55(42-98)126-83)129-88-74(118)79(63(107)52(39-95)123-88)132-84-60(92-48(5)102)67(111)77(56(43-99)127-84)131-90-82(135-86-71(115)68(112)61(105)46(3)121-86)81(65(109)54(41-97)125-90)134-87-72(116)69(113)62(106)51(38-94)122-87/h34,36,46,49-57,59-90,94-100,103,105-119H,6-33,35,37-45H2,1-5H3,(H,91,101)(H,92,102)(H,93,104)/b36-34+/t46?,49-,50+,51?,52?,53?,54?,55?,56?,57?,59?,60?,61+,62-,63-,64-,65-,66+,67+,68?,69-,70+,71-,72?,73?,74?,75?,76+,77+,78+,79-,80-,81-,82?,83-,84-,85+,86+,87+,88-,89-,90-/m0/s1. The molecule has 8 aliphatic heterocycles. The van der Waals surface area contributed by atoms with Gasteiger partial charge < -0.3 is 209 Å². The molecule has 45 heteroatoms. The van der Waals surface area contributed by atoms with Crippen molar-refractivity contribution in [3.05, 3.63) is 12.2 Å². The van der Waals surface area contributed by atoms with Gasteiger partial charge in [0.15, 0.2) is 50.3 Å². The summed E-state index contributed by atoms with van der Waals surface area (Å²) in [6.45, 7) is -0.368. The van der Waals surface area contributed by atoms with Crippen LogP contribution in [0.4, 0.5) is 0 Å². The van der Waals surface area contributed by atoms with Gasteiger partial charge in [0.1, 0.15) is 189 Å². The van der Waals surface area contributed by atoms with Gasteiger partial charge in [0.05, 0.1) is 71.1 Å². The van der Waals surface area contributed by atoms with E-state index in [-0.39, 0.29) is 12.3 Å². The molecule has 8 fully saturated rings. The van der Waals surface area contributed by atoms with Crippen molar-refractivity contribution in [3.63, 3.8) is 0 Å². The second kappa shape index (κ2) is 60.4. The van der Waals surface area contributed by atoms with Crippen LogP contribution in [0.15, 0.2) is 12.2 Å². The number of carbonyl (C=O) groups is 3. The molecule has 8 aliphatic rings. The van der Waals surface area contributed by atoms with Gasteiger partial charge in [-0.1, -0.05) is 193 Å². The third-order valence-corrected chi connectivity index (χ3v) is 26.4. The summed E-state index contributed by atoms with van der Waals surface area (Å²) in [5.74, 6) is -2.22. The summed E-state index contributed by atoms with van der Waals surface area (Å²) in [7, 11) is 0. The lowest BCUT2D eigenvalue weighted by Crippen LogP contribution is -2.71. The van der Waals surface area contributed by atoms with Gasteiger partial charge in [0.25, 0.3) is 0 Å². The molecule has 788 valence electrons. The van der Waals surface area contributed by atoms with Crippen molar-refractivity contribution in [2.24, 2.45) is 0 Å². The minimum atomic E-state index is -2.36. The van der Waals surface area contributed by atoms with Crippen LogP contribution >= 0.6 is 0 Å². The smallest absolute Gasteiger partial charge is 0.220 e. The molecule has 0 radical (unpaired) electrons. The Labute approximate surface area is 788 Å². The van der Waals surface area contributed by atoms with Crippen LogP contribution in [-0.2, 0) is 90.2 Å². The molecule has 45 nitrogen and oxygen atoms in total. The number of carbonyl (C=O) groups excluding carboxylic acids is 3. The van der Waals surface area contributed by atoms with Crippen molar-refractivity contribution >= 4 is 17.7 Å². The monoisotopic (exact) mass is 1960 g/mol. The first-order chi connectivity index (χ1) is 64.8. The van der Waals surface area contributed by atoms with E-state index >= 15 is 0 Å². The Morgan fingerprint density at radius 1 is 0.304 bits per heavy atom. The predicted octanol–water partition coefficient (Wildman–Crippen LogP) is -4.97. The number of unbranched alkanes of at least 4 members (excludes halogenated alkanes) is 27. The van der Waals surface area contributed by atoms with Crippen LogP contribution in [0.25, 0.3) is 0 Å². The molecule has 16 unspecified atom stereocenters. The van der Waals surface area contributed by atoms with Crippen LogP contribution in [0.2, 0.25) is 0 Å². The summed E-state index contributed by atoms with van der Waals surface area (Å²) < 4.78 is 95.8.